The van der Waals surface area contributed by atoms with Crippen LogP contribution in [0.3, 0.4) is 0 Å². The Bertz CT molecular complexity index is 933. The number of hydrogen-bond acceptors (Lipinski definition) is 6. The van der Waals surface area contributed by atoms with Gasteiger partial charge < -0.3 is 14.4 Å². The molecule has 0 bridgehead atoms. The highest BCUT2D eigenvalue weighted by atomic mass is 19.4. The molecule has 0 radical (unpaired) electrons. The summed E-state index contributed by atoms with van der Waals surface area (Å²) in [5.41, 5.74) is -0.234. The number of rotatable bonds is 4. The first-order valence-electron chi connectivity index (χ1n) is 8.84. The molecule has 28 heavy (non-hydrogen) atoms. The Morgan fingerprint density at radius 3 is 2.71 bits per heavy atom. The standard InChI is InChI=1S/C18H19F3N6O/c1-26-8-7-23-17(26)14-10-22-6-9-27(14)11-15-24-16(25-28-15)12-2-4-13(5-3-12)18(19,20)21/h2-5,7-8,14,22H,6,9-11H2,1H3. The van der Waals surface area contributed by atoms with Crippen molar-refractivity contribution in [2.24, 2.45) is 7.05 Å². The van der Waals surface area contributed by atoms with E-state index in [0.717, 1.165) is 37.6 Å². The third-order valence-corrected chi connectivity index (χ3v) is 4.79. The van der Waals surface area contributed by atoms with Gasteiger partial charge in [-0.2, -0.15) is 18.2 Å². The normalized spacial score (nSPS) is 18.5. The molecular weight excluding hydrogens is 373 g/mol. The second-order valence-electron chi connectivity index (χ2n) is 6.67. The number of nitrogens with zero attached hydrogens (tertiary/aromatic N) is 5. The van der Waals surface area contributed by atoms with Crippen LogP contribution in [0.1, 0.15) is 23.3 Å². The number of hydrogen-bond donors (Lipinski definition) is 1. The largest absolute Gasteiger partial charge is 0.416 e. The molecule has 1 aliphatic rings. The van der Waals surface area contributed by atoms with Crippen molar-refractivity contribution >= 4 is 0 Å². The fourth-order valence-electron chi connectivity index (χ4n) is 3.31. The third-order valence-electron chi connectivity index (χ3n) is 4.79. The summed E-state index contributed by atoms with van der Waals surface area (Å²) < 4.78 is 45.4. The van der Waals surface area contributed by atoms with Crippen LogP contribution in [0.4, 0.5) is 13.2 Å². The highest BCUT2D eigenvalue weighted by Crippen LogP contribution is 2.30. The summed E-state index contributed by atoms with van der Waals surface area (Å²) >= 11 is 0. The maximum Gasteiger partial charge on any atom is 0.416 e. The van der Waals surface area contributed by atoms with Crippen molar-refractivity contribution in [2.45, 2.75) is 18.8 Å². The second-order valence-corrected chi connectivity index (χ2v) is 6.67. The monoisotopic (exact) mass is 392 g/mol. The highest BCUT2D eigenvalue weighted by Gasteiger charge is 2.30. The molecule has 0 amide bonds. The van der Waals surface area contributed by atoms with Gasteiger partial charge in [-0.15, -0.1) is 0 Å². The fourth-order valence-corrected chi connectivity index (χ4v) is 3.31. The molecule has 0 aliphatic carbocycles. The first-order chi connectivity index (χ1) is 13.4. The van der Waals surface area contributed by atoms with Gasteiger partial charge in [-0.1, -0.05) is 17.3 Å². The minimum atomic E-state index is -4.37. The lowest BCUT2D eigenvalue weighted by molar-refractivity contribution is -0.137. The average Bonchev–Trinajstić information content (AvgIpc) is 3.31. The Morgan fingerprint density at radius 2 is 2.04 bits per heavy atom. The van der Waals surface area contributed by atoms with Gasteiger partial charge in [0.1, 0.15) is 5.82 Å². The Labute approximate surface area is 159 Å². The van der Waals surface area contributed by atoms with Crippen molar-refractivity contribution < 1.29 is 17.7 Å². The van der Waals surface area contributed by atoms with E-state index < -0.39 is 11.7 Å². The molecule has 1 saturated heterocycles. The lowest BCUT2D eigenvalue weighted by Crippen LogP contribution is -2.46. The minimum Gasteiger partial charge on any atom is -0.338 e. The van der Waals surface area contributed by atoms with Gasteiger partial charge in [0, 0.05) is 44.6 Å². The van der Waals surface area contributed by atoms with Gasteiger partial charge in [0.05, 0.1) is 18.2 Å². The number of halogens is 3. The smallest absolute Gasteiger partial charge is 0.338 e. The summed E-state index contributed by atoms with van der Waals surface area (Å²) in [5, 5.41) is 7.28. The van der Waals surface area contributed by atoms with E-state index in [0.29, 0.717) is 18.0 Å². The van der Waals surface area contributed by atoms with Crippen LogP contribution in [0, 0.1) is 0 Å². The SMILES string of the molecule is Cn1ccnc1C1CNCCN1Cc1nc(-c2ccc(C(F)(F)F)cc2)no1. The summed E-state index contributed by atoms with van der Waals surface area (Å²) in [7, 11) is 1.95. The van der Waals surface area contributed by atoms with Gasteiger partial charge >= 0.3 is 6.18 Å². The van der Waals surface area contributed by atoms with E-state index in [4.69, 9.17) is 4.52 Å². The number of aryl methyl sites for hydroxylation is 1. The van der Waals surface area contributed by atoms with Crippen LogP contribution >= 0.6 is 0 Å². The molecule has 0 saturated carbocycles. The molecule has 1 atom stereocenters. The summed E-state index contributed by atoms with van der Waals surface area (Å²) in [6.07, 6.45) is -0.710. The first-order valence-corrected chi connectivity index (χ1v) is 8.84. The van der Waals surface area contributed by atoms with Crippen LogP contribution in [-0.2, 0) is 19.8 Å². The number of alkyl halides is 3. The van der Waals surface area contributed by atoms with Gasteiger partial charge in [0.2, 0.25) is 11.7 Å². The molecule has 7 nitrogen and oxygen atoms in total. The first kappa shape index (κ1) is 18.6. The zero-order valence-corrected chi connectivity index (χ0v) is 15.1. The van der Waals surface area contributed by atoms with Crippen LogP contribution in [0.2, 0.25) is 0 Å². The van der Waals surface area contributed by atoms with E-state index in [2.05, 4.69) is 25.3 Å². The number of benzene rings is 1. The zero-order chi connectivity index (χ0) is 19.7. The molecule has 2 aromatic heterocycles. The van der Waals surface area contributed by atoms with Crippen molar-refractivity contribution in [3.05, 3.63) is 53.9 Å². The van der Waals surface area contributed by atoms with E-state index in [1.807, 2.05) is 17.8 Å². The fraction of sp³-hybridized carbons (Fsp3) is 0.389. The van der Waals surface area contributed by atoms with Gasteiger partial charge in [0.25, 0.3) is 0 Å². The maximum atomic E-state index is 12.7. The quantitative estimate of drug-likeness (QED) is 0.736. The number of nitrogens with one attached hydrogen (secondary N) is 1. The molecule has 0 spiro atoms. The van der Waals surface area contributed by atoms with E-state index in [1.54, 1.807) is 6.20 Å². The molecule has 1 N–H and O–H groups in total. The molecule has 10 heteroatoms. The minimum absolute atomic E-state index is 0.0650. The summed E-state index contributed by atoms with van der Waals surface area (Å²) in [6, 6.07) is 4.78. The molecule has 4 rings (SSSR count). The van der Waals surface area contributed by atoms with Crippen LogP contribution in [-0.4, -0.2) is 44.2 Å². The zero-order valence-electron chi connectivity index (χ0n) is 15.1. The summed E-state index contributed by atoms with van der Waals surface area (Å²) in [5.74, 6) is 1.62. The molecule has 1 aliphatic heterocycles. The molecule has 1 fully saturated rings. The summed E-state index contributed by atoms with van der Waals surface area (Å²) in [6.45, 7) is 2.81. The van der Waals surface area contributed by atoms with Crippen molar-refractivity contribution in [1.82, 2.24) is 29.9 Å². The maximum absolute atomic E-state index is 12.7. The third kappa shape index (κ3) is 3.78. The van der Waals surface area contributed by atoms with Gasteiger partial charge in [0.15, 0.2) is 0 Å². The molecule has 1 aromatic carbocycles. The van der Waals surface area contributed by atoms with Crippen molar-refractivity contribution in [3.8, 4) is 11.4 Å². The van der Waals surface area contributed by atoms with E-state index in [1.165, 1.54) is 12.1 Å². The Kier molecular flexibility index (Phi) is 4.90. The lowest BCUT2D eigenvalue weighted by atomic mass is 10.1. The molecule has 3 aromatic rings. The van der Waals surface area contributed by atoms with Crippen molar-refractivity contribution in [2.75, 3.05) is 19.6 Å². The molecular formula is C18H19F3N6O. The van der Waals surface area contributed by atoms with Gasteiger partial charge in [-0.25, -0.2) is 4.98 Å². The number of piperazine rings is 1. The van der Waals surface area contributed by atoms with E-state index in [-0.39, 0.29) is 11.9 Å². The van der Waals surface area contributed by atoms with Crippen LogP contribution in [0.25, 0.3) is 11.4 Å². The van der Waals surface area contributed by atoms with Crippen molar-refractivity contribution in [3.63, 3.8) is 0 Å². The Morgan fingerprint density at radius 1 is 1.25 bits per heavy atom. The predicted molar refractivity (Wildman–Crippen MR) is 94.0 cm³/mol. The predicted octanol–water partition coefficient (Wildman–Crippen LogP) is 2.64. The average molecular weight is 392 g/mol. The molecule has 1 unspecified atom stereocenters. The van der Waals surface area contributed by atoms with Crippen LogP contribution in [0.15, 0.2) is 41.2 Å². The number of aromatic nitrogens is 4. The number of imidazole rings is 1. The summed E-state index contributed by atoms with van der Waals surface area (Å²) in [4.78, 5) is 11.0. The second kappa shape index (κ2) is 7.36. The van der Waals surface area contributed by atoms with Crippen LogP contribution in [0.5, 0.6) is 0 Å². The Balaban J connectivity index is 1.50. The van der Waals surface area contributed by atoms with Crippen LogP contribution < -0.4 is 5.32 Å². The highest BCUT2D eigenvalue weighted by molar-refractivity contribution is 5.54. The van der Waals surface area contributed by atoms with E-state index in [9.17, 15) is 13.2 Å². The topological polar surface area (TPSA) is 72.0 Å². The van der Waals surface area contributed by atoms with Gasteiger partial charge in [-0.05, 0) is 12.1 Å². The molecule has 3 heterocycles. The van der Waals surface area contributed by atoms with Crippen molar-refractivity contribution in [1.29, 1.82) is 0 Å². The Hall–Kier alpha value is -2.72. The van der Waals surface area contributed by atoms with Gasteiger partial charge in [-0.3, -0.25) is 4.90 Å². The molecule has 148 valence electrons. The van der Waals surface area contributed by atoms with E-state index >= 15 is 0 Å². The lowest BCUT2D eigenvalue weighted by Gasteiger charge is -2.34.